The van der Waals surface area contributed by atoms with Gasteiger partial charge in [0.25, 0.3) is 0 Å². The van der Waals surface area contributed by atoms with Crippen molar-refractivity contribution in [3.8, 4) is 33.8 Å². The zero-order valence-electron chi connectivity index (χ0n) is 31.2. The minimum atomic E-state index is -0.778. The van der Waals surface area contributed by atoms with Gasteiger partial charge in [-0.1, -0.05) is 69.0 Å². The van der Waals surface area contributed by atoms with E-state index in [0.717, 1.165) is 23.4 Å². The summed E-state index contributed by atoms with van der Waals surface area (Å²) in [5.74, 6) is 0.509. The SMILES string of the molecule is C=Cc1cc2c(cc1-c1cccc[n+]1C1(c3ccccc3-c3cccc(C)[n+]3C)c3ccccc3-c3cccc(C)[n+]31)c1ccccc1n2CC(C)C. The molecule has 4 heteroatoms. The van der Waals surface area contributed by atoms with Gasteiger partial charge in [0.15, 0.2) is 17.6 Å². The van der Waals surface area contributed by atoms with E-state index in [-0.39, 0.29) is 0 Å². The number of benzene rings is 4. The topological polar surface area (TPSA) is 16.6 Å². The zero-order chi connectivity index (χ0) is 36.4. The third kappa shape index (κ3) is 4.78. The average molecular weight is 690 g/mol. The molecule has 0 radical (unpaired) electrons. The molecule has 8 aromatic rings. The van der Waals surface area contributed by atoms with E-state index >= 15 is 0 Å². The zero-order valence-corrected chi connectivity index (χ0v) is 31.2. The molecule has 9 rings (SSSR count). The number of aryl methyl sites for hydroxylation is 2. The predicted octanol–water partition coefficient (Wildman–Crippen LogP) is 9.72. The minimum Gasteiger partial charge on any atom is -0.340 e. The molecule has 1 atom stereocenters. The molecule has 0 bridgehead atoms. The second-order valence-corrected chi connectivity index (χ2v) is 14.9. The molecule has 0 amide bonds. The van der Waals surface area contributed by atoms with Gasteiger partial charge in [0.1, 0.15) is 18.2 Å². The molecule has 0 aliphatic carbocycles. The first kappa shape index (κ1) is 32.8. The first-order chi connectivity index (χ1) is 25.8. The second kappa shape index (κ2) is 12.5. The van der Waals surface area contributed by atoms with Crippen LogP contribution >= 0.6 is 0 Å². The minimum absolute atomic E-state index is 0.509. The molecule has 5 heterocycles. The van der Waals surface area contributed by atoms with Gasteiger partial charge in [-0.15, -0.1) is 9.13 Å². The van der Waals surface area contributed by atoms with Gasteiger partial charge in [-0.05, 0) is 72.1 Å². The van der Waals surface area contributed by atoms with Crippen molar-refractivity contribution < 1.29 is 13.7 Å². The highest BCUT2D eigenvalue weighted by Crippen LogP contribution is 2.45. The summed E-state index contributed by atoms with van der Waals surface area (Å²) < 4.78 is 9.90. The highest BCUT2D eigenvalue weighted by atomic mass is 15.3. The number of pyridine rings is 3. The van der Waals surface area contributed by atoms with E-state index in [4.69, 9.17) is 0 Å². The van der Waals surface area contributed by atoms with Gasteiger partial charge < -0.3 is 4.57 Å². The van der Waals surface area contributed by atoms with E-state index in [2.05, 4.69) is 205 Å². The number of nitrogens with zero attached hydrogens (tertiary/aromatic N) is 4. The lowest BCUT2D eigenvalue weighted by molar-refractivity contribution is -0.960. The third-order valence-electron chi connectivity index (χ3n) is 11.3. The Balaban J connectivity index is 1.44. The molecule has 0 saturated carbocycles. The van der Waals surface area contributed by atoms with Crippen molar-refractivity contribution in [3.05, 3.63) is 180 Å². The maximum Gasteiger partial charge on any atom is 0.417 e. The molecular formula is C49H45N4+3. The van der Waals surface area contributed by atoms with Gasteiger partial charge in [0.2, 0.25) is 17.1 Å². The van der Waals surface area contributed by atoms with Crippen molar-refractivity contribution in [1.82, 2.24) is 4.57 Å². The Morgan fingerprint density at radius 2 is 1.25 bits per heavy atom. The summed E-state index contributed by atoms with van der Waals surface area (Å²) in [6.45, 7) is 14.4. The molecule has 0 fully saturated rings. The number of hydrogen-bond acceptors (Lipinski definition) is 0. The summed E-state index contributed by atoms with van der Waals surface area (Å²) in [6, 6.07) is 51.5. The summed E-state index contributed by atoms with van der Waals surface area (Å²) >= 11 is 0. The first-order valence-corrected chi connectivity index (χ1v) is 18.7. The van der Waals surface area contributed by atoms with Crippen molar-refractivity contribution in [2.24, 2.45) is 13.0 Å². The summed E-state index contributed by atoms with van der Waals surface area (Å²) in [5.41, 5.74) is 14.7. The van der Waals surface area contributed by atoms with Gasteiger partial charge in [-0.3, -0.25) is 0 Å². The van der Waals surface area contributed by atoms with Crippen LogP contribution in [0.3, 0.4) is 0 Å². The smallest absolute Gasteiger partial charge is 0.340 e. The molecule has 1 aliphatic heterocycles. The summed E-state index contributed by atoms with van der Waals surface area (Å²) in [5, 5.41) is 2.53. The van der Waals surface area contributed by atoms with E-state index < -0.39 is 5.66 Å². The van der Waals surface area contributed by atoms with Crippen molar-refractivity contribution in [2.45, 2.75) is 39.9 Å². The van der Waals surface area contributed by atoms with Crippen LogP contribution in [0.2, 0.25) is 0 Å². The van der Waals surface area contributed by atoms with Crippen LogP contribution < -0.4 is 13.7 Å². The molecule has 4 aromatic heterocycles. The van der Waals surface area contributed by atoms with Gasteiger partial charge in [0.05, 0.1) is 16.7 Å². The molecule has 53 heavy (non-hydrogen) atoms. The van der Waals surface area contributed by atoms with Gasteiger partial charge in [0, 0.05) is 78.6 Å². The molecule has 1 unspecified atom stereocenters. The molecule has 0 saturated heterocycles. The Kier molecular flexibility index (Phi) is 7.74. The Labute approximate surface area is 312 Å². The van der Waals surface area contributed by atoms with Gasteiger partial charge in [-0.2, -0.15) is 4.57 Å². The van der Waals surface area contributed by atoms with Crippen LogP contribution in [-0.2, 0) is 19.3 Å². The number of rotatable bonds is 7. The Morgan fingerprint density at radius 3 is 1.98 bits per heavy atom. The van der Waals surface area contributed by atoms with Crippen LogP contribution in [0.15, 0.2) is 152 Å². The maximum absolute atomic E-state index is 4.40. The van der Waals surface area contributed by atoms with E-state index in [1.165, 1.54) is 66.8 Å². The third-order valence-corrected chi connectivity index (χ3v) is 11.3. The van der Waals surface area contributed by atoms with Crippen LogP contribution in [-0.4, -0.2) is 4.57 Å². The molecule has 258 valence electrons. The summed E-state index contributed by atoms with van der Waals surface area (Å²) in [6.07, 6.45) is 4.32. The standard InChI is InChI=1S/C49H45N4/c1-7-36-30-48-41(37-20-10-13-25-45(37)51(48)32-33(2)3)31-40(36)46-26-14-15-29-52(46)49(42-23-11-8-21-38(42)44-27-16-18-34(4)50(44)6)43-24-12-9-22-39(43)47-28-17-19-35(5)53(47)49/h7-31,33H,1,32H2,2-6H3/q+3. The summed E-state index contributed by atoms with van der Waals surface area (Å²) in [4.78, 5) is 0. The highest BCUT2D eigenvalue weighted by Gasteiger charge is 2.64. The number of para-hydroxylation sites is 1. The van der Waals surface area contributed by atoms with Gasteiger partial charge >= 0.3 is 5.66 Å². The lowest BCUT2D eigenvalue weighted by atomic mass is 9.84. The predicted molar refractivity (Wildman–Crippen MR) is 216 cm³/mol. The molecule has 4 aromatic carbocycles. The van der Waals surface area contributed by atoms with E-state index in [1.54, 1.807) is 0 Å². The fraction of sp³-hybridized carbons (Fsp3) is 0.163. The first-order valence-electron chi connectivity index (χ1n) is 18.7. The van der Waals surface area contributed by atoms with Crippen LogP contribution in [0.4, 0.5) is 0 Å². The number of aromatic nitrogens is 4. The van der Waals surface area contributed by atoms with Crippen LogP contribution in [0.25, 0.3) is 61.7 Å². The number of fused-ring (bicyclic) bond motifs is 6. The summed E-state index contributed by atoms with van der Waals surface area (Å²) in [7, 11) is 2.17. The Hall–Kier alpha value is -6.13. The molecule has 0 N–H and O–H groups in total. The lowest BCUT2D eigenvalue weighted by Crippen LogP contribution is -2.74. The quantitative estimate of drug-likeness (QED) is 0.148. The average Bonchev–Trinajstić information content (AvgIpc) is 3.66. The monoisotopic (exact) mass is 689 g/mol. The Morgan fingerprint density at radius 1 is 0.623 bits per heavy atom. The number of hydrogen-bond donors (Lipinski definition) is 0. The van der Waals surface area contributed by atoms with Crippen molar-refractivity contribution in [3.63, 3.8) is 0 Å². The molecule has 0 spiro atoms. The fourth-order valence-electron chi connectivity index (χ4n) is 9.00. The van der Waals surface area contributed by atoms with Gasteiger partial charge in [-0.25, -0.2) is 0 Å². The fourth-order valence-corrected chi connectivity index (χ4v) is 9.00. The van der Waals surface area contributed by atoms with E-state index in [9.17, 15) is 0 Å². The van der Waals surface area contributed by atoms with E-state index in [1.807, 2.05) is 6.08 Å². The molecule has 1 aliphatic rings. The highest BCUT2D eigenvalue weighted by molar-refractivity contribution is 6.10. The van der Waals surface area contributed by atoms with Crippen molar-refractivity contribution >= 4 is 27.9 Å². The van der Waals surface area contributed by atoms with Crippen LogP contribution in [0, 0.1) is 19.8 Å². The molecular weight excluding hydrogens is 645 g/mol. The Bertz CT molecular complexity index is 2750. The molecule has 4 nitrogen and oxygen atoms in total. The second-order valence-electron chi connectivity index (χ2n) is 14.9. The van der Waals surface area contributed by atoms with Crippen LogP contribution in [0.1, 0.15) is 41.9 Å². The van der Waals surface area contributed by atoms with Crippen LogP contribution in [0.5, 0.6) is 0 Å². The maximum atomic E-state index is 4.40. The van der Waals surface area contributed by atoms with Crippen molar-refractivity contribution in [2.75, 3.05) is 0 Å². The lowest BCUT2D eigenvalue weighted by Gasteiger charge is -2.25. The largest absolute Gasteiger partial charge is 0.417 e. The van der Waals surface area contributed by atoms with Crippen molar-refractivity contribution in [1.29, 1.82) is 0 Å². The van der Waals surface area contributed by atoms with E-state index in [0.29, 0.717) is 5.92 Å². The normalized spacial score (nSPS) is 14.9.